The second-order valence-electron chi connectivity index (χ2n) is 4.75. The molecule has 1 N–H and O–H groups in total. The molecule has 7 heteroatoms. The van der Waals surface area contributed by atoms with E-state index in [9.17, 15) is 4.79 Å². The molecule has 5 nitrogen and oxygen atoms in total. The highest BCUT2D eigenvalue weighted by Crippen LogP contribution is 2.31. The lowest BCUT2D eigenvalue weighted by Crippen LogP contribution is -2.13. The lowest BCUT2D eigenvalue weighted by molar-refractivity contribution is 0.102. The van der Waals surface area contributed by atoms with Crippen molar-refractivity contribution in [2.24, 2.45) is 7.05 Å². The molecule has 3 aromatic rings. The van der Waals surface area contributed by atoms with E-state index in [2.05, 4.69) is 10.4 Å². The molecule has 0 saturated carbocycles. The van der Waals surface area contributed by atoms with Crippen molar-refractivity contribution in [1.82, 2.24) is 9.78 Å². The number of thiophene rings is 1. The van der Waals surface area contributed by atoms with E-state index in [1.807, 2.05) is 12.1 Å². The molecule has 1 aromatic carbocycles. The Morgan fingerprint density at radius 3 is 2.83 bits per heavy atom. The number of amides is 1. The lowest BCUT2D eigenvalue weighted by atomic mass is 10.2. The highest BCUT2D eigenvalue weighted by Gasteiger charge is 2.16. The largest absolute Gasteiger partial charge is 0.319 e. The number of aromatic nitrogens is 2. The van der Waals surface area contributed by atoms with E-state index in [0.29, 0.717) is 15.6 Å². The van der Waals surface area contributed by atoms with Crippen LogP contribution in [0.25, 0.3) is 10.6 Å². The molecular formula is C16H11ClN4OS. The van der Waals surface area contributed by atoms with Gasteiger partial charge in [-0.2, -0.15) is 10.4 Å². The molecule has 0 unspecified atom stereocenters. The van der Waals surface area contributed by atoms with Crippen LogP contribution in [0.1, 0.15) is 16.1 Å². The van der Waals surface area contributed by atoms with Gasteiger partial charge >= 0.3 is 0 Å². The van der Waals surface area contributed by atoms with Crippen molar-refractivity contribution in [3.63, 3.8) is 0 Å². The zero-order valence-electron chi connectivity index (χ0n) is 12.1. The number of rotatable bonds is 3. The SMILES string of the molecule is Cn1nc(C(=O)Nc2ccccc2C#N)cc1-c1ccc(Cl)s1. The zero-order chi connectivity index (χ0) is 16.4. The molecule has 23 heavy (non-hydrogen) atoms. The lowest BCUT2D eigenvalue weighted by Gasteiger charge is -2.04. The van der Waals surface area contributed by atoms with Gasteiger partial charge in [0.1, 0.15) is 6.07 Å². The van der Waals surface area contributed by atoms with Crippen LogP contribution in [0.2, 0.25) is 4.34 Å². The summed E-state index contributed by atoms with van der Waals surface area (Å²) in [6.45, 7) is 0. The Hall–Kier alpha value is -2.62. The first-order valence-electron chi connectivity index (χ1n) is 6.68. The van der Waals surface area contributed by atoms with E-state index in [1.165, 1.54) is 11.3 Å². The molecule has 0 atom stereocenters. The maximum atomic E-state index is 12.4. The number of halogens is 1. The van der Waals surface area contributed by atoms with Crippen LogP contribution in [-0.4, -0.2) is 15.7 Å². The fourth-order valence-electron chi connectivity index (χ4n) is 2.14. The Morgan fingerprint density at radius 1 is 1.35 bits per heavy atom. The first-order chi connectivity index (χ1) is 11.1. The number of nitriles is 1. The monoisotopic (exact) mass is 342 g/mol. The maximum absolute atomic E-state index is 12.4. The van der Waals surface area contributed by atoms with E-state index in [0.717, 1.165) is 10.6 Å². The smallest absolute Gasteiger partial charge is 0.276 e. The number of nitrogens with one attached hydrogen (secondary N) is 1. The van der Waals surface area contributed by atoms with Crippen molar-refractivity contribution in [3.8, 4) is 16.6 Å². The van der Waals surface area contributed by atoms with Crippen molar-refractivity contribution in [3.05, 3.63) is 58.1 Å². The molecule has 114 valence electrons. The van der Waals surface area contributed by atoms with Gasteiger partial charge < -0.3 is 5.32 Å². The van der Waals surface area contributed by atoms with E-state index in [1.54, 1.807) is 48.1 Å². The van der Waals surface area contributed by atoms with Gasteiger partial charge in [0, 0.05) is 7.05 Å². The summed E-state index contributed by atoms with van der Waals surface area (Å²) in [4.78, 5) is 13.3. The topological polar surface area (TPSA) is 70.7 Å². The van der Waals surface area contributed by atoms with Crippen LogP contribution >= 0.6 is 22.9 Å². The van der Waals surface area contributed by atoms with Crippen molar-refractivity contribution in [1.29, 1.82) is 5.26 Å². The molecule has 2 heterocycles. The summed E-state index contributed by atoms with van der Waals surface area (Å²) in [5.41, 5.74) is 1.95. The van der Waals surface area contributed by atoms with Crippen LogP contribution in [0.5, 0.6) is 0 Å². The van der Waals surface area contributed by atoms with Crippen molar-refractivity contribution in [2.75, 3.05) is 5.32 Å². The summed E-state index contributed by atoms with van der Waals surface area (Å²) >= 11 is 7.37. The van der Waals surface area contributed by atoms with Gasteiger partial charge in [-0.25, -0.2) is 0 Å². The maximum Gasteiger partial charge on any atom is 0.276 e. The van der Waals surface area contributed by atoms with Gasteiger partial charge in [-0.05, 0) is 30.3 Å². The normalized spacial score (nSPS) is 10.3. The number of aryl methyl sites for hydroxylation is 1. The molecule has 0 spiro atoms. The fraction of sp³-hybridized carbons (Fsp3) is 0.0625. The average molecular weight is 343 g/mol. The van der Waals surface area contributed by atoms with E-state index in [4.69, 9.17) is 16.9 Å². The Bertz CT molecular complexity index is 922. The summed E-state index contributed by atoms with van der Waals surface area (Å²) in [5.74, 6) is -0.364. The third-order valence-electron chi connectivity index (χ3n) is 3.23. The molecule has 0 aliphatic carbocycles. The number of anilines is 1. The molecule has 3 rings (SSSR count). The summed E-state index contributed by atoms with van der Waals surface area (Å²) < 4.78 is 2.31. The second kappa shape index (κ2) is 6.24. The minimum absolute atomic E-state index is 0.278. The molecule has 0 fully saturated rings. The third kappa shape index (κ3) is 3.11. The number of carbonyl (C=O) groups excluding carboxylic acids is 1. The number of benzene rings is 1. The quantitative estimate of drug-likeness (QED) is 0.784. The number of hydrogen-bond donors (Lipinski definition) is 1. The minimum atomic E-state index is -0.364. The Kier molecular flexibility index (Phi) is 4.15. The predicted molar refractivity (Wildman–Crippen MR) is 90.6 cm³/mol. The van der Waals surface area contributed by atoms with E-state index < -0.39 is 0 Å². The van der Waals surface area contributed by atoms with E-state index >= 15 is 0 Å². The van der Waals surface area contributed by atoms with Gasteiger partial charge in [-0.3, -0.25) is 9.48 Å². The summed E-state index contributed by atoms with van der Waals surface area (Å²) in [5, 5.41) is 16.0. The van der Waals surface area contributed by atoms with Crippen LogP contribution in [0.3, 0.4) is 0 Å². The van der Waals surface area contributed by atoms with E-state index in [-0.39, 0.29) is 11.6 Å². The minimum Gasteiger partial charge on any atom is -0.319 e. The Morgan fingerprint density at radius 2 is 2.13 bits per heavy atom. The van der Waals surface area contributed by atoms with Crippen molar-refractivity contribution < 1.29 is 4.79 Å². The molecule has 0 aliphatic heterocycles. The molecule has 0 bridgehead atoms. The molecule has 0 aliphatic rings. The number of para-hydroxylation sites is 1. The zero-order valence-corrected chi connectivity index (χ0v) is 13.6. The number of nitrogens with zero attached hydrogens (tertiary/aromatic N) is 3. The van der Waals surface area contributed by atoms with Crippen molar-refractivity contribution >= 4 is 34.5 Å². The Balaban J connectivity index is 1.88. The van der Waals surface area contributed by atoms with Gasteiger partial charge in [0.2, 0.25) is 0 Å². The molecule has 2 aromatic heterocycles. The number of carbonyl (C=O) groups is 1. The van der Waals surface area contributed by atoms with Crippen LogP contribution in [0.4, 0.5) is 5.69 Å². The second-order valence-corrected chi connectivity index (χ2v) is 6.47. The first-order valence-corrected chi connectivity index (χ1v) is 7.88. The summed E-state index contributed by atoms with van der Waals surface area (Å²) in [6, 6.07) is 14.3. The first kappa shape index (κ1) is 15.3. The highest BCUT2D eigenvalue weighted by atomic mass is 35.5. The predicted octanol–water partition coefficient (Wildman–Crippen LogP) is 3.93. The standard InChI is InChI=1S/C16H11ClN4OS/c1-21-13(14-6-7-15(17)23-14)8-12(20-21)16(22)19-11-5-3-2-4-10(11)9-18/h2-8H,1H3,(H,19,22). The van der Waals surface area contributed by atoms with Gasteiger partial charge in [0.05, 0.1) is 26.2 Å². The van der Waals surface area contributed by atoms with Crippen molar-refractivity contribution in [2.45, 2.75) is 0 Å². The molecule has 0 radical (unpaired) electrons. The summed E-state index contributed by atoms with van der Waals surface area (Å²) in [7, 11) is 1.77. The van der Waals surface area contributed by atoms with Crippen LogP contribution in [0, 0.1) is 11.3 Å². The molecular weight excluding hydrogens is 332 g/mol. The summed E-state index contributed by atoms with van der Waals surface area (Å²) in [6.07, 6.45) is 0. The van der Waals surface area contributed by atoms with Crippen LogP contribution in [-0.2, 0) is 7.05 Å². The van der Waals surface area contributed by atoms with Gasteiger partial charge in [0.25, 0.3) is 5.91 Å². The van der Waals surface area contributed by atoms with Gasteiger partial charge in [-0.15, -0.1) is 11.3 Å². The Labute approximate surface area is 141 Å². The third-order valence-corrected chi connectivity index (χ3v) is 4.49. The fourth-order valence-corrected chi connectivity index (χ4v) is 3.23. The average Bonchev–Trinajstić information content (AvgIpc) is 3.13. The van der Waals surface area contributed by atoms with Gasteiger partial charge in [0.15, 0.2) is 5.69 Å². The molecule has 1 amide bonds. The van der Waals surface area contributed by atoms with Gasteiger partial charge in [-0.1, -0.05) is 23.7 Å². The highest BCUT2D eigenvalue weighted by molar-refractivity contribution is 7.19. The van der Waals surface area contributed by atoms with Crippen LogP contribution < -0.4 is 5.32 Å². The number of hydrogen-bond acceptors (Lipinski definition) is 4. The van der Waals surface area contributed by atoms with Crippen LogP contribution in [0.15, 0.2) is 42.5 Å². The molecule has 0 saturated heterocycles.